The largest absolute Gasteiger partial charge is 0.366 e. The number of halogens is 1. The van der Waals surface area contributed by atoms with Crippen molar-refractivity contribution in [1.82, 2.24) is 14.9 Å². The summed E-state index contributed by atoms with van der Waals surface area (Å²) in [4.78, 5) is 22.7. The standard InChI is InChI=1S/C21H22FN5O/c22-15-6-3-5-14(11-15)18(12-27-9-1-2-10-27)26-21-17-8-4-7-16(20(23)28)19(17)24-13-25-21/h3-8,11,13,18H,1-2,9-10,12H2,(H2,23,28)(H,24,25,26)/t18-/m1/s1. The molecule has 0 spiro atoms. The van der Waals surface area contributed by atoms with Gasteiger partial charge in [0.05, 0.1) is 17.1 Å². The van der Waals surface area contributed by atoms with Crippen LogP contribution < -0.4 is 11.1 Å². The SMILES string of the molecule is NC(=O)c1cccc2c(N[C@H](CN3CCCC3)c3cccc(F)c3)ncnc12. The van der Waals surface area contributed by atoms with Gasteiger partial charge in [-0.2, -0.15) is 0 Å². The van der Waals surface area contributed by atoms with Gasteiger partial charge in [0.2, 0.25) is 0 Å². The van der Waals surface area contributed by atoms with Crippen LogP contribution in [0, 0.1) is 5.82 Å². The van der Waals surface area contributed by atoms with Gasteiger partial charge in [0, 0.05) is 11.9 Å². The van der Waals surface area contributed by atoms with E-state index in [-0.39, 0.29) is 11.9 Å². The van der Waals surface area contributed by atoms with Crippen LogP contribution in [0.5, 0.6) is 0 Å². The van der Waals surface area contributed by atoms with Crippen LogP contribution in [0.2, 0.25) is 0 Å². The van der Waals surface area contributed by atoms with E-state index < -0.39 is 5.91 Å². The van der Waals surface area contributed by atoms with Gasteiger partial charge in [-0.15, -0.1) is 0 Å². The van der Waals surface area contributed by atoms with E-state index in [2.05, 4.69) is 20.2 Å². The lowest BCUT2D eigenvalue weighted by Gasteiger charge is -2.26. The fraction of sp³-hybridized carbons (Fsp3) is 0.286. The first-order valence-corrected chi connectivity index (χ1v) is 9.40. The molecule has 4 rings (SSSR count). The third kappa shape index (κ3) is 3.80. The zero-order chi connectivity index (χ0) is 19.5. The number of nitrogens with one attached hydrogen (secondary N) is 1. The van der Waals surface area contributed by atoms with E-state index in [0.717, 1.165) is 25.2 Å². The number of benzene rings is 2. The number of anilines is 1. The Bertz CT molecular complexity index is 1000. The maximum Gasteiger partial charge on any atom is 0.250 e. The summed E-state index contributed by atoms with van der Waals surface area (Å²) in [5.41, 5.74) is 7.19. The number of likely N-dealkylation sites (tertiary alicyclic amines) is 1. The van der Waals surface area contributed by atoms with Crippen LogP contribution >= 0.6 is 0 Å². The van der Waals surface area contributed by atoms with Gasteiger partial charge in [0.25, 0.3) is 5.91 Å². The highest BCUT2D eigenvalue weighted by Gasteiger charge is 2.21. The molecule has 0 saturated carbocycles. The summed E-state index contributed by atoms with van der Waals surface area (Å²) in [6.07, 6.45) is 3.76. The quantitative estimate of drug-likeness (QED) is 0.687. The molecule has 0 aliphatic carbocycles. The molecule has 1 saturated heterocycles. The number of fused-ring (bicyclic) bond motifs is 1. The highest BCUT2D eigenvalue weighted by molar-refractivity contribution is 6.06. The van der Waals surface area contributed by atoms with E-state index in [1.165, 1.54) is 25.2 Å². The summed E-state index contributed by atoms with van der Waals surface area (Å²) in [5.74, 6) is -0.204. The number of para-hydroxylation sites is 1. The van der Waals surface area contributed by atoms with E-state index in [1.807, 2.05) is 12.1 Å². The van der Waals surface area contributed by atoms with Gasteiger partial charge in [-0.05, 0) is 55.8 Å². The minimum Gasteiger partial charge on any atom is -0.366 e. The van der Waals surface area contributed by atoms with Crippen LogP contribution in [-0.4, -0.2) is 40.4 Å². The lowest BCUT2D eigenvalue weighted by molar-refractivity contribution is 0.100. The molecule has 1 amide bonds. The van der Waals surface area contributed by atoms with Gasteiger partial charge >= 0.3 is 0 Å². The second-order valence-corrected chi connectivity index (χ2v) is 7.05. The third-order valence-corrected chi connectivity index (χ3v) is 5.13. The number of carbonyl (C=O) groups is 1. The lowest BCUT2D eigenvalue weighted by Crippen LogP contribution is -2.29. The van der Waals surface area contributed by atoms with Gasteiger partial charge in [0.15, 0.2) is 0 Å². The molecule has 2 heterocycles. The Labute approximate surface area is 162 Å². The molecule has 0 radical (unpaired) electrons. The molecule has 1 aliphatic rings. The highest BCUT2D eigenvalue weighted by atomic mass is 19.1. The molecule has 1 fully saturated rings. The van der Waals surface area contributed by atoms with Crippen LogP contribution in [0.3, 0.4) is 0 Å². The second kappa shape index (κ2) is 7.90. The van der Waals surface area contributed by atoms with Gasteiger partial charge in [-0.1, -0.05) is 18.2 Å². The first kappa shape index (κ1) is 18.3. The Hall–Kier alpha value is -3.06. The maximum atomic E-state index is 13.9. The average Bonchev–Trinajstić information content (AvgIpc) is 3.20. The first-order chi connectivity index (χ1) is 13.6. The molecule has 2 aromatic carbocycles. The molecule has 3 aromatic rings. The van der Waals surface area contributed by atoms with E-state index in [9.17, 15) is 9.18 Å². The molecule has 6 nitrogen and oxygen atoms in total. The Morgan fingerprint density at radius 3 is 2.71 bits per heavy atom. The molecule has 1 atom stereocenters. The minimum atomic E-state index is -0.533. The van der Waals surface area contributed by atoms with Crippen molar-refractivity contribution in [2.45, 2.75) is 18.9 Å². The number of carbonyl (C=O) groups excluding carboxylic acids is 1. The third-order valence-electron chi connectivity index (χ3n) is 5.13. The summed E-state index contributed by atoms with van der Waals surface area (Å²) in [6.45, 7) is 2.80. The number of primary amides is 1. The first-order valence-electron chi connectivity index (χ1n) is 9.40. The van der Waals surface area contributed by atoms with Crippen molar-refractivity contribution in [3.63, 3.8) is 0 Å². The van der Waals surface area contributed by atoms with Gasteiger partial charge in [-0.25, -0.2) is 14.4 Å². The Morgan fingerprint density at radius 2 is 1.96 bits per heavy atom. The van der Waals surface area contributed by atoms with E-state index >= 15 is 0 Å². The fourth-order valence-electron chi connectivity index (χ4n) is 3.75. The molecule has 1 aliphatic heterocycles. The molecule has 0 unspecified atom stereocenters. The summed E-state index contributed by atoms with van der Waals surface area (Å²) in [7, 11) is 0. The van der Waals surface area contributed by atoms with Crippen LogP contribution in [0.1, 0.15) is 34.8 Å². The number of amides is 1. The van der Waals surface area contributed by atoms with E-state index in [0.29, 0.717) is 22.3 Å². The van der Waals surface area contributed by atoms with E-state index in [4.69, 9.17) is 5.73 Å². The number of nitrogens with two attached hydrogens (primary N) is 1. The second-order valence-electron chi connectivity index (χ2n) is 7.05. The Morgan fingerprint density at radius 1 is 1.18 bits per heavy atom. The fourth-order valence-corrected chi connectivity index (χ4v) is 3.75. The summed E-state index contributed by atoms with van der Waals surface area (Å²) >= 11 is 0. The summed E-state index contributed by atoms with van der Waals surface area (Å²) < 4.78 is 13.9. The van der Waals surface area contributed by atoms with Crippen molar-refractivity contribution in [3.8, 4) is 0 Å². The zero-order valence-electron chi connectivity index (χ0n) is 15.4. The molecule has 0 bridgehead atoms. The van der Waals surface area contributed by atoms with Crippen molar-refractivity contribution in [3.05, 3.63) is 65.7 Å². The Balaban J connectivity index is 1.72. The number of aromatic nitrogens is 2. The number of nitrogens with zero attached hydrogens (tertiary/aromatic N) is 3. The van der Waals surface area contributed by atoms with Crippen LogP contribution in [0.15, 0.2) is 48.8 Å². The van der Waals surface area contributed by atoms with Crippen LogP contribution in [0.25, 0.3) is 10.9 Å². The van der Waals surface area contributed by atoms with Crippen molar-refractivity contribution in [2.75, 3.05) is 25.0 Å². The predicted octanol–water partition coefficient (Wildman–Crippen LogP) is 3.12. The smallest absolute Gasteiger partial charge is 0.250 e. The van der Waals surface area contributed by atoms with Gasteiger partial charge < -0.3 is 16.0 Å². The summed E-state index contributed by atoms with van der Waals surface area (Å²) in [5, 5.41) is 4.16. The average molecular weight is 379 g/mol. The minimum absolute atomic E-state index is 0.149. The normalized spacial score (nSPS) is 15.6. The monoisotopic (exact) mass is 379 g/mol. The lowest BCUT2D eigenvalue weighted by atomic mass is 10.1. The molecule has 144 valence electrons. The maximum absolute atomic E-state index is 13.9. The predicted molar refractivity (Wildman–Crippen MR) is 106 cm³/mol. The molecule has 7 heteroatoms. The van der Waals surface area contributed by atoms with Crippen molar-refractivity contribution >= 4 is 22.6 Å². The number of hydrogen-bond acceptors (Lipinski definition) is 5. The highest BCUT2D eigenvalue weighted by Crippen LogP contribution is 2.27. The molecular formula is C21H22FN5O. The van der Waals surface area contributed by atoms with E-state index in [1.54, 1.807) is 24.3 Å². The molecule has 28 heavy (non-hydrogen) atoms. The van der Waals surface area contributed by atoms with Crippen LogP contribution in [0.4, 0.5) is 10.2 Å². The molecular weight excluding hydrogens is 357 g/mol. The molecule has 1 aromatic heterocycles. The topological polar surface area (TPSA) is 84.1 Å². The summed E-state index contributed by atoms with van der Waals surface area (Å²) in [6, 6.07) is 11.7. The van der Waals surface area contributed by atoms with Gasteiger partial charge in [-0.3, -0.25) is 4.79 Å². The van der Waals surface area contributed by atoms with Crippen LogP contribution in [-0.2, 0) is 0 Å². The van der Waals surface area contributed by atoms with Crippen molar-refractivity contribution in [1.29, 1.82) is 0 Å². The molecule has 3 N–H and O–H groups in total. The number of hydrogen-bond donors (Lipinski definition) is 2. The van der Waals surface area contributed by atoms with Crippen molar-refractivity contribution in [2.24, 2.45) is 5.73 Å². The Kier molecular flexibility index (Phi) is 5.16. The van der Waals surface area contributed by atoms with Gasteiger partial charge in [0.1, 0.15) is 18.0 Å². The number of rotatable bonds is 6. The zero-order valence-corrected chi connectivity index (χ0v) is 15.4. The van der Waals surface area contributed by atoms with Crippen molar-refractivity contribution < 1.29 is 9.18 Å².